The molecule has 0 aliphatic rings. The second kappa shape index (κ2) is 6.48. The maximum atomic E-state index is 11.0. The average Bonchev–Trinajstić information content (AvgIpc) is 2.31. The highest BCUT2D eigenvalue weighted by molar-refractivity contribution is 5.13. The fourth-order valence-corrected chi connectivity index (χ4v) is 1.24. The van der Waals surface area contributed by atoms with Crippen LogP contribution < -0.4 is 5.56 Å². The van der Waals surface area contributed by atoms with E-state index in [-0.39, 0.29) is 11.3 Å². The van der Waals surface area contributed by atoms with Crippen molar-refractivity contribution in [2.75, 3.05) is 0 Å². The van der Waals surface area contributed by atoms with E-state index in [4.69, 9.17) is 5.11 Å². The van der Waals surface area contributed by atoms with Crippen LogP contribution in [0.5, 0.6) is 5.75 Å². The molecule has 2 N–H and O–H groups in total. The highest BCUT2D eigenvalue weighted by Crippen LogP contribution is 2.06. The molecule has 0 bridgehead atoms. The number of hydrogen-bond donors (Lipinski definition) is 2. The van der Waals surface area contributed by atoms with Crippen molar-refractivity contribution < 1.29 is 5.11 Å². The third-order valence-corrected chi connectivity index (χ3v) is 2.12. The van der Waals surface area contributed by atoms with E-state index in [1.54, 1.807) is 24.5 Å². The molecule has 17 heavy (non-hydrogen) atoms. The van der Waals surface area contributed by atoms with Crippen LogP contribution >= 0.6 is 0 Å². The van der Waals surface area contributed by atoms with Crippen LogP contribution in [-0.2, 0) is 0 Å². The van der Waals surface area contributed by atoms with Gasteiger partial charge < -0.3 is 10.1 Å². The number of hydrogen-bond acceptors (Lipinski definition) is 3. The zero-order chi connectivity index (χ0) is 12.7. The van der Waals surface area contributed by atoms with E-state index in [2.05, 4.69) is 9.97 Å². The van der Waals surface area contributed by atoms with E-state index in [0.717, 1.165) is 5.56 Å². The lowest BCUT2D eigenvalue weighted by Crippen LogP contribution is -2.11. The standard InChI is InChI=1S/C8H11NO.C5H5NO/c1-6(2)7-4-3-5-9-8(7)10;7-5-2-1-3-6-4-5/h3-6H,1-2H3,(H,9,10);1-4,7H. The predicted octanol–water partition coefficient (Wildman–Crippen LogP) is 2.29. The topological polar surface area (TPSA) is 66.0 Å². The summed E-state index contributed by atoms with van der Waals surface area (Å²) in [6.45, 7) is 4.01. The largest absolute Gasteiger partial charge is 0.506 e. The van der Waals surface area contributed by atoms with E-state index in [9.17, 15) is 4.79 Å². The molecule has 0 saturated heterocycles. The van der Waals surface area contributed by atoms with Gasteiger partial charge in [-0.25, -0.2) is 0 Å². The lowest BCUT2D eigenvalue weighted by molar-refractivity contribution is 0.472. The Morgan fingerprint density at radius 1 is 1.29 bits per heavy atom. The summed E-state index contributed by atoms with van der Waals surface area (Å²) < 4.78 is 0. The predicted molar refractivity (Wildman–Crippen MR) is 67.1 cm³/mol. The van der Waals surface area contributed by atoms with Gasteiger partial charge in [0.05, 0.1) is 6.20 Å². The van der Waals surface area contributed by atoms with Crippen LogP contribution in [0.25, 0.3) is 0 Å². The third kappa shape index (κ3) is 4.51. The molecule has 0 fully saturated rings. The first-order chi connectivity index (χ1) is 8.11. The summed E-state index contributed by atoms with van der Waals surface area (Å²) in [7, 11) is 0. The Bertz CT molecular complexity index is 492. The normalized spacial score (nSPS) is 9.59. The minimum atomic E-state index is 0.0255. The van der Waals surface area contributed by atoms with Crippen molar-refractivity contribution in [1.29, 1.82) is 0 Å². The second-order valence-electron chi connectivity index (χ2n) is 3.82. The number of H-pyrrole nitrogens is 1. The van der Waals surface area contributed by atoms with Crippen LogP contribution in [0, 0.1) is 0 Å². The summed E-state index contributed by atoms with van der Waals surface area (Å²) in [4.78, 5) is 17.3. The Morgan fingerprint density at radius 2 is 2.06 bits per heavy atom. The van der Waals surface area contributed by atoms with Crippen molar-refractivity contribution >= 4 is 0 Å². The number of nitrogens with zero attached hydrogens (tertiary/aromatic N) is 1. The highest BCUT2D eigenvalue weighted by Gasteiger charge is 2.00. The van der Waals surface area contributed by atoms with E-state index in [1.807, 2.05) is 26.0 Å². The van der Waals surface area contributed by atoms with Gasteiger partial charge in [0.2, 0.25) is 0 Å². The molecule has 0 radical (unpaired) electrons. The Morgan fingerprint density at radius 3 is 2.41 bits per heavy atom. The number of rotatable bonds is 1. The molecule has 4 heteroatoms. The van der Waals surface area contributed by atoms with Gasteiger partial charge in [-0.1, -0.05) is 19.9 Å². The number of pyridine rings is 2. The molecule has 0 aromatic carbocycles. The molecular weight excluding hydrogens is 216 g/mol. The minimum absolute atomic E-state index is 0.0255. The van der Waals surface area contributed by atoms with Gasteiger partial charge in [-0.15, -0.1) is 0 Å². The number of aromatic nitrogens is 2. The molecule has 0 spiro atoms. The smallest absolute Gasteiger partial charge is 0.251 e. The third-order valence-electron chi connectivity index (χ3n) is 2.12. The molecular formula is C13H16N2O2. The maximum Gasteiger partial charge on any atom is 0.251 e. The first-order valence-corrected chi connectivity index (χ1v) is 5.38. The van der Waals surface area contributed by atoms with Gasteiger partial charge in [-0.2, -0.15) is 0 Å². The van der Waals surface area contributed by atoms with Gasteiger partial charge >= 0.3 is 0 Å². The summed E-state index contributed by atoms with van der Waals surface area (Å²) in [6.07, 6.45) is 4.65. The fraction of sp³-hybridized carbons (Fsp3) is 0.231. The number of aromatic hydroxyl groups is 1. The summed E-state index contributed by atoms with van der Waals surface area (Å²) in [5.41, 5.74) is 0.875. The van der Waals surface area contributed by atoms with E-state index in [1.165, 1.54) is 6.20 Å². The van der Waals surface area contributed by atoms with Crippen molar-refractivity contribution in [1.82, 2.24) is 9.97 Å². The van der Waals surface area contributed by atoms with E-state index < -0.39 is 0 Å². The zero-order valence-corrected chi connectivity index (χ0v) is 9.92. The maximum absolute atomic E-state index is 11.0. The molecule has 2 aromatic rings. The molecule has 90 valence electrons. The molecule has 0 unspecified atom stereocenters. The quantitative estimate of drug-likeness (QED) is 0.792. The first-order valence-electron chi connectivity index (χ1n) is 5.38. The minimum Gasteiger partial charge on any atom is -0.506 e. The van der Waals surface area contributed by atoms with Gasteiger partial charge in [0, 0.05) is 18.0 Å². The van der Waals surface area contributed by atoms with E-state index >= 15 is 0 Å². The number of aromatic amines is 1. The van der Waals surface area contributed by atoms with Gasteiger partial charge in [0.25, 0.3) is 5.56 Å². The summed E-state index contributed by atoms with van der Waals surface area (Å²) in [6, 6.07) is 6.95. The Labute approximate surface area is 100.0 Å². The highest BCUT2D eigenvalue weighted by atomic mass is 16.3. The molecule has 0 saturated carbocycles. The summed E-state index contributed by atoms with van der Waals surface area (Å²) in [5, 5.41) is 8.57. The fourth-order valence-electron chi connectivity index (χ4n) is 1.24. The Hall–Kier alpha value is -2.10. The van der Waals surface area contributed by atoms with Crippen molar-refractivity contribution in [3.05, 3.63) is 58.8 Å². The molecule has 2 heterocycles. The zero-order valence-electron chi connectivity index (χ0n) is 9.92. The van der Waals surface area contributed by atoms with Gasteiger partial charge in [0.15, 0.2) is 0 Å². The Kier molecular flexibility index (Phi) is 4.94. The molecule has 2 aromatic heterocycles. The molecule has 4 nitrogen and oxygen atoms in total. The Balaban J connectivity index is 0.000000181. The SMILES string of the molecule is CC(C)c1ccc[nH]c1=O.Oc1cccnc1. The van der Waals surface area contributed by atoms with Gasteiger partial charge in [0.1, 0.15) is 5.75 Å². The van der Waals surface area contributed by atoms with Crippen LogP contribution in [-0.4, -0.2) is 15.1 Å². The monoisotopic (exact) mass is 232 g/mol. The lowest BCUT2D eigenvalue weighted by Gasteiger charge is -2.00. The van der Waals surface area contributed by atoms with Crippen LogP contribution in [0.15, 0.2) is 47.7 Å². The first kappa shape index (κ1) is 13.0. The lowest BCUT2D eigenvalue weighted by atomic mass is 10.1. The van der Waals surface area contributed by atoms with Crippen LogP contribution in [0.3, 0.4) is 0 Å². The molecule has 0 aliphatic carbocycles. The van der Waals surface area contributed by atoms with Crippen molar-refractivity contribution in [3.8, 4) is 5.75 Å². The van der Waals surface area contributed by atoms with Crippen LogP contribution in [0.1, 0.15) is 25.3 Å². The van der Waals surface area contributed by atoms with Crippen molar-refractivity contribution in [3.63, 3.8) is 0 Å². The molecule has 0 amide bonds. The average molecular weight is 232 g/mol. The summed E-state index contributed by atoms with van der Waals surface area (Å²) >= 11 is 0. The number of nitrogens with one attached hydrogen (secondary N) is 1. The van der Waals surface area contributed by atoms with Crippen molar-refractivity contribution in [2.45, 2.75) is 19.8 Å². The van der Waals surface area contributed by atoms with Crippen LogP contribution in [0.4, 0.5) is 0 Å². The molecule has 0 aliphatic heterocycles. The molecule has 0 atom stereocenters. The van der Waals surface area contributed by atoms with E-state index in [0.29, 0.717) is 5.92 Å². The second-order valence-corrected chi connectivity index (χ2v) is 3.82. The van der Waals surface area contributed by atoms with Crippen molar-refractivity contribution in [2.24, 2.45) is 0 Å². The molecule has 2 rings (SSSR count). The van der Waals surface area contributed by atoms with Gasteiger partial charge in [-0.3, -0.25) is 9.78 Å². The van der Waals surface area contributed by atoms with Gasteiger partial charge in [-0.05, 0) is 24.1 Å². The summed E-state index contributed by atoms with van der Waals surface area (Å²) in [5.74, 6) is 0.521. The van der Waals surface area contributed by atoms with Crippen LogP contribution in [0.2, 0.25) is 0 Å².